The molecule has 5 heteroatoms. The van der Waals surface area contributed by atoms with Gasteiger partial charge in [-0.05, 0) is 45.0 Å². The number of aromatic nitrogens is 1. The van der Waals surface area contributed by atoms with Gasteiger partial charge in [0, 0.05) is 12.2 Å². The van der Waals surface area contributed by atoms with E-state index in [0.717, 1.165) is 0 Å². The van der Waals surface area contributed by atoms with Gasteiger partial charge in [-0.15, -0.1) is 11.3 Å². The van der Waals surface area contributed by atoms with Crippen LogP contribution >= 0.6 is 11.3 Å². The highest BCUT2D eigenvalue weighted by Crippen LogP contribution is 2.17. The first kappa shape index (κ1) is 14.4. The minimum Gasteiger partial charge on any atom is -0.294 e. The van der Waals surface area contributed by atoms with Gasteiger partial charge in [0.1, 0.15) is 5.49 Å². The molecule has 0 fully saturated rings. The average Bonchev–Trinajstić information content (AvgIpc) is 2.87. The lowest BCUT2D eigenvalue weighted by Crippen LogP contribution is -2.27. The molecule has 0 radical (unpaired) electrons. The van der Waals surface area contributed by atoms with E-state index in [0.29, 0.717) is 15.2 Å². The number of thiophene rings is 1. The molecule has 0 unspecified atom stereocenters. The average molecular weight is 288 g/mol. The van der Waals surface area contributed by atoms with Crippen molar-refractivity contribution in [1.29, 1.82) is 0 Å². The van der Waals surface area contributed by atoms with Crippen molar-refractivity contribution in [3.05, 3.63) is 51.8 Å². The maximum Gasteiger partial charge on any atom is 0.273 e. The van der Waals surface area contributed by atoms with E-state index >= 15 is 0 Å². The first-order valence-electron chi connectivity index (χ1n) is 6.36. The van der Waals surface area contributed by atoms with Crippen molar-refractivity contribution in [2.75, 3.05) is 0 Å². The van der Waals surface area contributed by atoms with Gasteiger partial charge in [-0.25, -0.2) is 0 Å². The summed E-state index contributed by atoms with van der Waals surface area (Å²) >= 11 is 1.21. The highest BCUT2D eigenvalue weighted by Gasteiger charge is 2.13. The Kier molecular flexibility index (Phi) is 4.29. The lowest BCUT2D eigenvalue weighted by molar-refractivity contribution is 0.0958. The van der Waals surface area contributed by atoms with Gasteiger partial charge in [0.2, 0.25) is 0 Å². The van der Waals surface area contributed by atoms with E-state index in [1.807, 2.05) is 19.9 Å². The fourth-order valence-electron chi connectivity index (χ4n) is 1.74. The van der Waals surface area contributed by atoms with Crippen LogP contribution in [0.2, 0.25) is 0 Å². The molecule has 0 aliphatic carbocycles. The molecule has 2 aromatic rings. The molecule has 0 amide bonds. The van der Waals surface area contributed by atoms with E-state index in [1.54, 1.807) is 30.5 Å². The third-order valence-electron chi connectivity index (χ3n) is 2.61. The van der Waals surface area contributed by atoms with Crippen molar-refractivity contribution >= 4 is 23.0 Å². The van der Waals surface area contributed by atoms with E-state index < -0.39 is 0 Å². The highest BCUT2D eigenvalue weighted by molar-refractivity contribution is 7.16. The first-order chi connectivity index (χ1) is 9.49. The van der Waals surface area contributed by atoms with Gasteiger partial charge in [0.15, 0.2) is 5.78 Å². The Morgan fingerprint density at radius 3 is 2.45 bits per heavy atom. The Morgan fingerprint density at radius 2 is 1.85 bits per heavy atom. The molecule has 0 saturated carbocycles. The van der Waals surface area contributed by atoms with Crippen LogP contribution in [0, 0.1) is 0 Å². The second-order valence-electron chi connectivity index (χ2n) is 4.68. The van der Waals surface area contributed by atoms with Crippen LogP contribution in [0.4, 0.5) is 0 Å². The highest BCUT2D eigenvalue weighted by atomic mass is 32.1. The van der Waals surface area contributed by atoms with Crippen LogP contribution in [0.25, 0.3) is 0 Å². The fourth-order valence-corrected chi connectivity index (χ4v) is 2.57. The molecule has 0 N–H and O–H groups in total. The molecule has 0 aliphatic rings. The van der Waals surface area contributed by atoms with E-state index in [-0.39, 0.29) is 17.7 Å². The van der Waals surface area contributed by atoms with Crippen molar-refractivity contribution in [1.82, 2.24) is 4.57 Å². The Hall–Kier alpha value is -2.01. The fraction of sp³-hybridized carbons (Fsp3) is 0.267. The normalized spacial score (nSPS) is 11.9. The lowest BCUT2D eigenvalue weighted by atomic mass is 10.3. The van der Waals surface area contributed by atoms with Crippen LogP contribution in [0.5, 0.6) is 0 Å². The van der Waals surface area contributed by atoms with Crippen LogP contribution in [0.3, 0.4) is 0 Å². The van der Waals surface area contributed by atoms with Gasteiger partial charge in [-0.1, -0.05) is 6.07 Å². The number of hydrogen-bond acceptors (Lipinski definition) is 4. The molecule has 2 rings (SSSR count). The van der Waals surface area contributed by atoms with Crippen LogP contribution in [-0.2, 0) is 0 Å². The maximum atomic E-state index is 12.5. The molecule has 4 nitrogen and oxygen atoms in total. The minimum absolute atomic E-state index is 0.0285. The number of ketones is 1. The Morgan fingerprint density at radius 1 is 1.15 bits per heavy atom. The second kappa shape index (κ2) is 5.96. The summed E-state index contributed by atoms with van der Waals surface area (Å²) in [4.78, 5) is 29.3. The number of nitrogens with zero attached hydrogens (tertiary/aromatic N) is 2. The smallest absolute Gasteiger partial charge is 0.273 e. The molecule has 0 bridgehead atoms. The quantitative estimate of drug-likeness (QED) is 0.815. The Balaban J connectivity index is 2.46. The molecule has 20 heavy (non-hydrogen) atoms. The molecular formula is C15H16N2O2S. The summed E-state index contributed by atoms with van der Waals surface area (Å²) in [6, 6.07) is 8.91. The number of carbonyl (C=O) groups is 2. The number of rotatable bonds is 3. The molecule has 2 heterocycles. The standard InChI is InChI=1S/C15H16N2O2S/c1-10(2)16-14-6-4-5-9-17(14)15(19)13-8-7-12(20-13)11(3)18/h4-10H,1-3H3. The predicted molar refractivity (Wildman–Crippen MR) is 79.2 cm³/mol. The third-order valence-corrected chi connectivity index (χ3v) is 3.79. The lowest BCUT2D eigenvalue weighted by Gasteiger charge is -2.05. The molecule has 0 aromatic carbocycles. The van der Waals surface area contributed by atoms with Gasteiger partial charge < -0.3 is 0 Å². The largest absolute Gasteiger partial charge is 0.294 e. The summed E-state index contributed by atoms with van der Waals surface area (Å²) in [5, 5.41) is 0. The summed E-state index contributed by atoms with van der Waals surface area (Å²) < 4.78 is 1.51. The summed E-state index contributed by atoms with van der Waals surface area (Å²) in [6.45, 7) is 5.41. The van der Waals surface area contributed by atoms with E-state index in [4.69, 9.17) is 0 Å². The van der Waals surface area contributed by atoms with Crippen molar-refractivity contribution in [2.45, 2.75) is 26.8 Å². The maximum absolute atomic E-state index is 12.5. The first-order valence-corrected chi connectivity index (χ1v) is 7.17. The summed E-state index contributed by atoms with van der Waals surface area (Å²) in [5.41, 5.74) is 0.616. The summed E-state index contributed by atoms with van der Waals surface area (Å²) in [5.74, 6) is -0.193. The molecular weight excluding hydrogens is 272 g/mol. The zero-order chi connectivity index (χ0) is 14.7. The van der Waals surface area contributed by atoms with E-state index in [2.05, 4.69) is 4.99 Å². The number of pyridine rings is 1. The van der Waals surface area contributed by atoms with Crippen LogP contribution in [0.1, 0.15) is 40.1 Å². The molecule has 104 valence electrons. The number of Topliss-reactive ketones (excluding diaryl/α,β-unsaturated/α-hetero) is 1. The molecule has 0 atom stereocenters. The third kappa shape index (κ3) is 3.11. The Labute approximate surface area is 121 Å². The summed E-state index contributed by atoms with van der Waals surface area (Å²) in [7, 11) is 0. The van der Waals surface area contributed by atoms with Crippen molar-refractivity contribution in [3.8, 4) is 0 Å². The monoisotopic (exact) mass is 288 g/mol. The van der Waals surface area contributed by atoms with Crippen molar-refractivity contribution in [2.24, 2.45) is 4.99 Å². The van der Waals surface area contributed by atoms with Crippen LogP contribution in [0.15, 0.2) is 41.5 Å². The zero-order valence-corrected chi connectivity index (χ0v) is 12.5. The van der Waals surface area contributed by atoms with Crippen molar-refractivity contribution in [3.63, 3.8) is 0 Å². The Bertz CT molecular complexity index is 710. The van der Waals surface area contributed by atoms with Gasteiger partial charge in [-0.3, -0.25) is 19.1 Å². The number of hydrogen-bond donors (Lipinski definition) is 0. The van der Waals surface area contributed by atoms with Gasteiger partial charge >= 0.3 is 0 Å². The SMILES string of the molecule is CC(=O)c1ccc(C(=O)n2ccccc2=NC(C)C)s1. The summed E-state index contributed by atoms with van der Waals surface area (Å²) in [6.07, 6.45) is 1.69. The van der Waals surface area contributed by atoms with E-state index in [1.165, 1.54) is 22.8 Å². The van der Waals surface area contributed by atoms with E-state index in [9.17, 15) is 9.59 Å². The van der Waals surface area contributed by atoms with Gasteiger partial charge in [0.25, 0.3) is 5.91 Å². The molecule has 0 saturated heterocycles. The zero-order valence-electron chi connectivity index (χ0n) is 11.7. The van der Waals surface area contributed by atoms with Crippen LogP contribution in [-0.4, -0.2) is 22.3 Å². The van der Waals surface area contributed by atoms with Crippen LogP contribution < -0.4 is 5.49 Å². The number of carbonyl (C=O) groups excluding carboxylic acids is 2. The minimum atomic E-state index is -0.164. The molecule has 0 spiro atoms. The second-order valence-corrected chi connectivity index (χ2v) is 5.76. The van der Waals surface area contributed by atoms with Crippen molar-refractivity contribution < 1.29 is 9.59 Å². The molecule has 0 aliphatic heterocycles. The molecule has 2 aromatic heterocycles. The van der Waals surface area contributed by atoms with Gasteiger partial charge in [0.05, 0.1) is 9.75 Å². The predicted octanol–water partition coefficient (Wildman–Crippen LogP) is 2.75. The topological polar surface area (TPSA) is 51.4 Å². The van der Waals surface area contributed by atoms with Gasteiger partial charge in [-0.2, -0.15) is 0 Å².